The molecule has 1 saturated carbocycles. The van der Waals surface area contributed by atoms with Crippen molar-refractivity contribution in [1.29, 1.82) is 0 Å². The summed E-state index contributed by atoms with van der Waals surface area (Å²) in [6.07, 6.45) is 3.01. The van der Waals surface area contributed by atoms with E-state index in [0.29, 0.717) is 11.8 Å². The Morgan fingerprint density at radius 2 is 1.88 bits per heavy atom. The van der Waals surface area contributed by atoms with Crippen molar-refractivity contribution in [3.05, 3.63) is 16.3 Å². The Bertz CT molecular complexity index is 788. The first-order valence-electron chi connectivity index (χ1n) is 8.88. The highest BCUT2D eigenvalue weighted by atomic mass is 32.1. The topological polar surface area (TPSA) is 49.3 Å². The quantitative estimate of drug-likeness (QED) is 0.859. The number of rotatable bonds is 3. The van der Waals surface area contributed by atoms with Gasteiger partial charge in [-0.2, -0.15) is 0 Å². The van der Waals surface area contributed by atoms with Crippen LogP contribution in [0.3, 0.4) is 0 Å². The minimum absolute atomic E-state index is 0.316. The number of thiophene rings is 1. The lowest BCUT2D eigenvalue weighted by molar-refractivity contribution is -0.132. The molecule has 0 radical (unpaired) electrons. The van der Waals surface area contributed by atoms with Gasteiger partial charge in [0.05, 0.1) is 5.39 Å². The van der Waals surface area contributed by atoms with Gasteiger partial charge in [-0.3, -0.25) is 4.79 Å². The van der Waals surface area contributed by atoms with Crippen LogP contribution in [0.1, 0.15) is 36.0 Å². The highest BCUT2D eigenvalue weighted by Gasteiger charge is 2.35. The Balaban J connectivity index is 1.63. The Hall–Kier alpha value is -1.69. The summed E-state index contributed by atoms with van der Waals surface area (Å²) < 4.78 is 0. The summed E-state index contributed by atoms with van der Waals surface area (Å²) in [5, 5.41) is 1.21. The summed E-state index contributed by atoms with van der Waals surface area (Å²) in [4.78, 5) is 28.6. The number of aryl methyl sites for hydroxylation is 3. The third kappa shape index (κ3) is 2.66. The predicted octanol–water partition coefficient (Wildman–Crippen LogP) is 2.93. The molecular weight excluding hydrogens is 320 g/mol. The number of nitrogens with zero attached hydrogens (tertiary/aromatic N) is 4. The summed E-state index contributed by atoms with van der Waals surface area (Å²) in [6, 6.07) is 0. The monoisotopic (exact) mass is 344 g/mol. The van der Waals surface area contributed by atoms with E-state index in [0.717, 1.165) is 61.9 Å². The van der Waals surface area contributed by atoms with Crippen molar-refractivity contribution in [3.8, 4) is 0 Å². The molecule has 0 aromatic carbocycles. The minimum atomic E-state index is 0.316. The van der Waals surface area contributed by atoms with Gasteiger partial charge < -0.3 is 9.80 Å². The molecule has 3 heterocycles. The molecule has 2 aromatic rings. The van der Waals surface area contributed by atoms with Crippen molar-refractivity contribution in [2.45, 2.75) is 40.0 Å². The lowest BCUT2D eigenvalue weighted by atomic mass is 10.2. The van der Waals surface area contributed by atoms with Crippen LogP contribution < -0.4 is 4.90 Å². The van der Waals surface area contributed by atoms with Crippen molar-refractivity contribution in [2.75, 3.05) is 31.1 Å². The zero-order valence-electron chi connectivity index (χ0n) is 14.6. The Labute approximate surface area is 146 Å². The number of amides is 1. The largest absolute Gasteiger partial charge is 0.352 e. The summed E-state index contributed by atoms with van der Waals surface area (Å²) in [6.45, 7) is 9.77. The van der Waals surface area contributed by atoms with E-state index in [2.05, 4.69) is 25.7 Å². The van der Waals surface area contributed by atoms with Crippen molar-refractivity contribution in [2.24, 2.45) is 5.92 Å². The fourth-order valence-corrected chi connectivity index (χ4v) is 4.43. The van der Waals surface area contributed by atoms with E-state index in [-0.39, 0.29) is 0 Å². The van der Waals surface area contributed by atoms with Crippen LogP contribution in [0.15, 0.2) is 0 Å². The zero-order chi connectivity index (χ0) is 16.8. The van der Waals surface area contributed by atoms with Gasteiger partial charge in [-0.1, -0.05) is 6.92 Å². The van der Waals surface area contributed by atoms with E-state index in [4.69, 9.17) is 9.97 Å². The SMILES string of the molecule is CCc1nc(N2CCN(C(=O)C3CC3)CC2)c2c(C)c(C)sc2n1. The molecule has 4 rings (SSSR count). The number of aromatic nitrogens is 2. The fourth-order valence-electron chi connectivity index (χ4n) is 3.39. The number of hydrogen-bond acceptors (Lipinski definition) is 5. The van der Waals surface area contributed by atoms with Crippen molar-refractivity contribution >= 4 is 33.3 Å². The van der Waals surface area contributed by atoms with E-state index >= 15 is 0 Å². The lowest BCUT2D eigenvalue weighted by Gasteiger charge is -2.36. The maximum atomic E-state index is 12.3. The van der Waals surface area contributed by atoms with Crippen molar-refractivity contribution in [1.82, 2.24) is 14.9 Å². The number of fused-ring (bicyclic) bond motifs is 1. The van der Waals surface area contributed by atoms with Crippen LogP contribution in [-0.4, -0.2) is 47.0 Å². The molecule has 128 valence electrons. The molecular formula is C18H24N4OS. The number of piperazine rings is 1. The van der Waals surface area contributed by atoms with E-state index in [1.54, 1.807) is 11.3 Å². The van der Waals surface area contributed by atoms with Gasteiger partial charge in [-0.15, -0.1) is 11.3 Å². The molecule has 1 aliphatic carbocycles. The Morgan fingerprint density at radius 3 is 2.50 bits per heavy atom. The van der Waals surface area contributed by atoms with Gasteiger partial charge in [0.2, 0.25) is 5.91 Å². The first-order valence-corrected chi connectivity index (χ1v) is 9.70. The third-order valence-corrected chi connectivity index (χ3v) is 6.29. The maximum absolute atomic E-state index is 12.3. The fraction of sp³-hybridized carbons (Fsp3) is 0.611. The predicted molar refractivity (Wildman–Crippen MR) is 97.8 cm³/mol. The molecule has 1 aliphatic heterocycles. The molecule has 2 fully saturated rings. The van der Waals surface area contributed by atoms with Gasteiger partial charge in [0, 0.05) is 43.4 Å². The summed E-state index contributed by atoms with van der Waals surface area (Å²) in [7, 11) is 0. The Kier molecular flexibility index (Phi) is 3.95. The molecule has 0 N–H and O–H groups in total. The van der Waals surface area contributed by atoms with Gasteiger partial charge in [0.1, 0.15) is 16.5 Å². The zero-order valence-corrected chi connectivity index (χ0v) is 15.4. The van der Waals surface area contributed by atoms with Crippen LogP contribution in [-0.2, 0) is 11.2 Å². The van der Waals surface area contributed by atoms with Crippen molar-refractivity contribution in [3.63, 3.8) is 0 Å². The maximum Gasteiger partial charge on any atom is 0.225 e. The van der Waals surface area contributed by atoms with Gasteiger partial charge in [-0.05, 0) is 32.3 Å². The van der Waals surface area contributed by atoms with Gasteiger partial charge >= 0.3 is 0 Å². The van der Waals surface area contributed by atoms with E-state index in [1.807, 2.05) is 4.90 Å². The molecule has 6 heteroatoms. The molecule has 2 aliphatic rings. The smallest absolute Gasteiger partial charge is 0.225 e. The molecule has 2 aromatic heterocycles. The molecule has 0 atom stereocenters. The van der Waals surface area contributed by atoms with Gasteiger partial charge in [-0.25, -0.2) is 9.97 Å². The number of carbonyl (C=O) groups excluding carboxylic acids is 1. The molecule has 0 bridgehead atoms. The van der Waals surface area contributed by atoms with Crippen molar-refractivity contribution < 1.29 is 4.79 Å². The van der Waals surface area contributed by atoms with Crippen LogP contribution in [0, 0.1) is 19.8 Å². The summed E-state index contributed by atoms with van der Waals surface area (Å²) in [5.74, 6) is 2.66. The molecule has 24 heavy (non-hydrogen) atoms. The summed E-state index contributed by atoms with van der Waals surface area (Å²) >= 11 is 1.76. The van der Waals surface area contributed by atoms with E-state index in [9.17, 15) is 4.79 Å². The van der Waals surface area contributed by atoms with Crippen LogP contribution in [0.5, 0.6) is 0 Å². The van der Waals surface area contributed by atoms with Gasteiger partial charge in [0.15, 0.2) is 0 Å². The highest BCUT2D eigenvalue weighted by Crippen LogP contribution is 2.36. The molecule has 5 nitrogen and oxygen atoms in total. The van der Waals surface area contributed by atoms with Crippen LogP contribution in [0.2, 0.25) is 0 Å². The number of hydrogen-bond donors (Lipinski definition) is 0. The Morgan fingerprint density at radius 1 is 1.17 bits per heavy atom. The first-order chi connectivity index (χ1) is 11.6. The first kappa shape index (κ1) is 15.8. The van der Waals surface area contributed by atoms with Crippen LogP contribution in [0.25, 0.3) is 10.2 Å². The molecule has 1 amide bonds. The second-order valence-electron chi connectivity index (χ2n) is 6.87. The average molecular weight is 344 g/mol. The molecule has 0 spiro atoms. The normalized spacial score (nSPS) is 18.5. The second-order valence-corrected chi connectivity index (χ2v) is 8.07. The number of anilines is 1. The highest BCUT2D eigenvalue weighted by molar-refractivity contribution is 7.18. The summed E-state index contributed by atoms with van der Waals surface area (Å²) in [5.41, 5.74) is 1.30. The molecule has 0 unspecified atom stereocenters. The minimum Gasteiger partial charge on any atom is -0.352 e. The molecule has 1 saturated heterocycles. The number of carbonyl (C=O) groups is 1. The van der Waals surface area contributed by atoms with E-state index < -0.39 is 0 Å². The third-order valence-electron chi connectivity index (χ3n) is 5.19. The lowest BCUT2D eigenvalue weighted by Crippen LogP contribution is -2.49. The standard InChI is InChI=1S/C18H24N4OS/c1-4-14-19-16(15-11(2)12(3)24-17(15)20-14)21-7-9-22(10-8-21)18(23)13-5-6-13/h13H,4-10H2,1-3H3. The average Bonchev–Trinajstić information content (AvgIpc) is 3.41. The van der Waals surface area contributed by atoms with E-state index in [1.165, 1.54) is 15.8 Å². The second kappa shape index (κ2) is 5.99. The van der Waals surface area contributed by atoms with Crippen LogP contribution in [0.4, 0.5) is 5.82 Å². The van der Waals surface area contributed by atoms with Crippen LogP contribution >= 0.6 is 11.3 Å². The van der Waals surface area contributed by atoms with Gasteiger partial charge in [0.25, 0.3) is 0 Å².